The van der Waals surface area contributed by atoms with Crippen LogP contribution >= 0.6 is 35.6 Å². The first-order chi connectivity index (χ1) is 11.9. The van der Waals surface area contributed by atoms with Gasteiger partial charge in [-0.15, -0.1) is 12.4 Å². The Morgan fingerprint density at radius 1 is 1.19 bits per heavy atom. The molecule has 0 aliphatic rings. The molecule has 1 aromatic carbocycles. The van der Waals surface area contributed by atoms with Crippen LogP contribution < -0.4 is 11.1 Å². The number of ether oxygens (including phenoxy) is 1. The quantitative estimate of drug-likeness (QED) is 0.700. The number of carbonyl (C=O) groups is 2. The Labute approximate surface area is 167 Å². The molecule has 3 N–H and O–H groups in total. The first-order valence-electron chi connectivity index (χ1n) is 7.54. The molecular formula is C17H18Cl3N3O3. The SMILES string of the molecule is CCOC(=O)C(N)Cc1ccc(NC(=O)c2c(Cl)cncc2Cl)cc1.Cl. The summed E-state index contributed by atoms with van der Waals surface area (Å²) >= 11 is 11.9. The molecule has 0 radical (unpaired) electrons. The molecule has 1 amide bonds. The number of esters is 1. The maximum atomic E-state index is 12.3. The summed E-state index contributed by atoms with van der Waals surface area (Å²) in [5, 5.41) is 3.04. The molecule has 26 heavy (non-hydrogen) atoms. The number of hydrogen-bond donors (Lipinski definition) is 2. The Kier molecular flexibility index (Phi) is 8.81. The van der Waals surface area contributed by atoms with E-state index in [0.29, 0.717) is 12.1 Å². The molecule has 6 nitrogen and oxygen atoms in total. The van der Waals surface area contributed by atoms with E-state index in [1.54, 1.807) is 31.2 Å². The fraction of sp³-hybridized carbons (Fsp3) is 0.235. The lowest BCUT2D eigenvalue weighted by Gasteiger charge is -2.11. The maximum absolute atomic E-state index is 12.3. The first kappa shape index (κ1) is 22.2. The zero-order valence-corrected chi connectivity index (χ0v) is 16.2. The number of halogens is 3. The summed E-state index contributed by atoms with van der Waals surface area (Å²) in [6.07, 6.45) is 3.04. The molecule has 2 rings (SSSR count). The minimum atomic E-state index is -0.727. The molecule has 0 saturated heterocycles. The van der Waals surface area contributed by atoms with Crippen LogP contribution in [0, 0.1) is 0 Å². The second-order valence-electron chi connectivity index (χ2n) is 5.19. The number of anilines is 1. The van der Waals surface area contributed by atoms with Crippen molar-refractivity contribution in [1.29, 1.82) is 0 Å². The molecule has 1 aromatic heterocycles. The smallest absolute Gasteiger partial charge is 0.323 e. The summed E-state index contributed by atoms with van der Waals surface area (Å²) in [5.41, 5.74) is 7.35. The van der Waals surface area contributed by atoms with Crippen molar-refractivity contribution in [2.24, 2.45) is 5.73 Å². The van der Waals surface area contributed by atoms with Gasteiger partial charge in [-0.1, -0.05) is 35.3 Å². The van der Waals surface area contributed by atoms with Crippen molar-refractivity contribution in [3.8, 4) is 0 Å². The number of carbonyl (C=O) groups excluding carboxylic acids is 2. The van der Waals surface area contributed by atoms with Gasteiger partial charge in [-0.2, -0.15) is 0 Å². The van der Waals surface area contributed by atoms with E-state index >= 15 is 0 Å². The summed E-state index contributed by atoms with van der Waals surface area (Å²) in [7, 11) is 0. The average molecular weight is 419 g/mol. The molecule has 0 spiro atoms. The summed E-state index contributed by atoms with van der Waals surface area (Å²) in [6.45, 7) is 2.01. The van der Waals surface area contributed by atoms with Gasteiger partial charge in [0.25, 0.3) is 5.91 Å². The molecule has 1 unspecified atom stereocenters. The Hall–Kier alpha value is -1.86. The van der Waals surface area contributed by atoms with Crippen LogP contribution in [0.15, 0.2) is 36.7 Å². The molecule has 140 valence electrons. The number of pyridine rings is 1. The summed E-state index contributed by atoms with van der Waals surface area (Å²) < 4.78 is 4.87. The third-order valence-corrected chi connectivity index (χ3v) is 3.91. The van der Waals surface area contributed by atoms with Gasteiger partial charge in [-0.05, 0) is 31.0 Å². The van der Waals surface area contributed by atoms with Gasteiger partial charge in [0.2, 0.25) is 0 Å². The Balaban J connectivity index is 0.00000338. The summed E-state index contributed by atoms with van der Waals surface area (Å²) in [4.78, 5) is 27.6. The lowest BCUT2D eigenvalue weighted by molar-refractivity contribution is -0.144. The normalized spacial score (nSPS) is 11.2. The fourth-order valence-corrected chi connectivity index (χ4v) is 2.67. The van der Waals surface area contributed by atoms with Gasteiger partial charge in [0.15, 0.2) is 0 Å². The number of hydrogen-bond acceptors (Lipinski definition) is 5. The van der Waals surface area contributed by atoms with E-state index < -0.39 is 17.9 Å². The highest BCUT2D eigenvalue weighted by molar-refractivity contribution is 6.40. The van der Waals surface area contributed by atoms with Crippen molar-refractivity contribution >= 4 is 53.2 Å². The van der Waals surface area contributed by atoms with Crippen LogP contribution in [0.5, 0.6) is 0 Å². The van der Waals surface area contributed by atoms with E-state index in [2.05, 4.69) is 10.3 Å². The van der Waals surface area contributed by atoms with Crippen molar-refractivity contribution in [3.63, 3.8) is 0 Å². The van der Waals surface area contributed by atoms with E-state index in [4.69, 9.17) is 33.7 Å². The van der Waals surface area contributed by atoms with Gasteiger partial charge in [-0.25, -0.2) is 0 Å². The van der Waals surface area contributed by atoms with Crippen molar-refractivity contribution in [1.82, 2.24) is 4.98 Å². The minimum absolute atomic E-state index is 0. The van der Waals surface area contributed by atoms with E-state index in [-0.39, 0.29) is 34.6 Å². The molecule has 9 heteroatoms. The van der Waals surface area contributed by atoms with Crippen LogP contribution in [-0.4, -0.2) is 29.5 Å². The number of nitrogens with one attached hydrogen (secondary N) is 1. The molecule has 0 fully saturated rings. The van der Waals surface area contributed by atoms with Crippen LogP contribution in [0.25, 0.3) is 0 Å². The largest absolute Gasteiger partial charge is 0.465 e. The number of nitrogens with zero attached hydrogens (tertiary/aromatic N) is 1. The third kappa shape index (κ3) is 5.85. The van der Waals surface area contributed by atoms with Crippen LogP contribution in [0.2, 0.25) is 10.0 Å². The summed E-state index contributed by atoms with van der Waals surface area (Å²) in [5.74, 6) is -0.879. The number of rotatable bonds is 6. The van der Waals surface area contributed by atoms with Gasteiger partial charge in [-0.3, -0.25) is 14.6 Å². The van der Waals surface area contributed by atoms with Crippen LogP contribution in [0.4, 0.5) is 5.69 Å². The molecule has 0 aliphatic heterocycles. The Bertz CT molecular complexity index is 749. The number of aromatic nitrogens is 1. The molecular weight excluding hydrogens is 401 g/mol. The van der Waals surface area contributed by atoms with Crippen LogP contribution in [0.3, 0.4) is 0 Å². The standard InChI is InChI=1S/C17H17Cl2N3O3.ClH/c1-2-25-17(24)14(20)7-10-3-5-11(6-4-10)22-16(23)15-12(18)8-21-9-13(15)19;/h3-6,8-9,14H,2,7,20H2,1H3,(H,22,23);1H. The Morgan fingerprint density at radius 2 is 1.77 bits per heavy atom. The molecule has 1 atom stereocenters. The minimum Gasteiger partial charge on any atom is -0.465 e. The highest BCUT2D eigenvalue weighted by atomic mass is 35.5. The van der Waals surface area contributed by atoms with E-state index in [0.717, 1.165) is 5.56 Å². The van der Waals surface area contributed by atoms with E-state index in [9.17, 15) is 9.59 Å². The van der Waals surface area contributed by atoms with E-state index in [1.807, 2.05) is 0 Å². The maximum Gasteiger partial charge on any atom is 0.323 e. The van der Waals surface area contributed by atoms with Crippen molar-refractivity contribution in [2.45, 2.75) is 19.4 Å². The van der Waals surface area contributed by atoms with Crippen molar-refractivity contribution in [2.75, 3.05) is 11.9 Å². The van der Waals surface area contributed by atoms with Gasteiger partial charge in [0, 0.05) is 18.1 Å². The highest BCUT2D eigenvalue weighted by Gasteiger charge is 2.17. The highest BCUT2D eigenvalue weighted by Crippen LogP contribution is 2.24. The van der Waals surface area contributed by atoms with Crippen molar-refractivity contribution in [3.05, 3.63) is 57.8 Å². The lowest BCUT2D eigenvalue weighted by Crippen LogP contribution is -2.34. The molecule has 0 saturated carbocycles. The monoisotopic (exact) mass is 417 g/mol. The van der Waals surface area contributed by atoms with Gasteiger partial charge in [0.1, 0.15) is 6.04 Å². The first-order valence-corrected chi connectivity index (χ1v) is 8.29. The zero-order valence-electron chi connectivity index (χ0n) is 13.9. The molecule has 1 heterocycles. The third-order valence-electron chi connectivity index (χ3n) is 3.34. The fourth-order valence-electron chi connectivity index (χ4n) is 2.13. The summed E-state index contributed by atoms with van der Waals surface area (Å²) in [6, 6.07) is 6.21. The second kappa shape index (κ2) is 10.3. The van der Waals surface area contributed by atoms with Gasteiger partial charge in [0.05, 0.1) is 22.2 Å². The average Bonchev–Trinajstić information content (AvgIpc) is 2.56. The predicted molar refractivity (Wildman–Crippen MR) is 104 cm³/mol. The van der Waals surface area contributed by atoms with Gasteiger partial charge >= 0.3 is 5.97 Å². The number of nitrogens with two attached hydrogens (primary N) is 1. The van der Waals surface area contributed by atoms with Crippen LogP contribution in [0.1, 0.15) is 22.8 Å². The topological polar surface area (TPSA) is 94.3 Å². The Morgan fingerprint density at radius 3 is 2.31 bits per heavy atom. The molecule has 0 aliphatic carbocycles. The molecule has 2 aromatic rings. The van der Waals surface area contributed by atoms with Crippen molar-refractivity contribution < 1.29 is 14.3 Å². The predicted octanol–water partition coefficient (Wildman–Crippen LogP) is 3.50. The number of amides is 1. The van der Waals surface area contributed by atoms with E-state index in [1.165, 1.54) is 12.4 Å². The number of benzene rings is 1. The van der Waals surface area contributed by atoms with Gasteiger partial charge < -0.3 is 15.8 Å². The second-order valence-corrected chi connectivity index (χ2v) is 6.01. The van der Waals surface area contributed by atoms with Crippen LogP contribution in [-0.2, 0) is 16.0 Å². The molecule has 0 bridgehead atoms. The zero-order chi connectivity index (χ0) is 18.4. The lowest BCUT2D eigenvalue weighted by atomic mass is 10.1.